The van der Waals surface area contributed by atoms with E-state index in [-0.39, 0.29) is 23.3 Å². The van der Waals surface area contributed by atoms with Crippen molar-refractivity contribution >= 4 is 39.3 Å². The molecule has 4 heterocycles. The van der Waals surface area contributed by atoms with Crippen LogP contribution in [0.25, 0.3) is 44.6 Å². The molecule has 12 nitrogen and oxygen atoms in total. The summed E-state index contributed by atoms with van der Waals surface area (Å²) in [6.45, 7) is 13.7. The topological polar surface area (TPSA) is 151 Å². The molecule has 0 saturated carbocycles. The predicted octanol–water partition coefficient (Wildman–Crippen LogP) is 5.70. The average Bonchev–Trinajstić information content (AvgIpc) is 3.20. The molecule has 4 N–H and O–H groups in total. The van der Waals surface area contributed by atoms with Gasteiger partial charge in [0.1, 0.15) is 29.2 Å². The monoisotopic (exact) mass is 740 g/mol. The molecular weight excluding hydrogens is 693 g/mol. The third-order valence-corrected chi connectivity index (χ3v) is 10.1. The highest BCUT2D eigenvalue weighted by molar-refractivity contribution is 5.93. The Morgan fingerprint density at radius 2 is 1.09 bits per heavy atom. The van der Waals surface area contributed by atoms with Gasteiger partial charge in [-0.3, -0.25) is 4.79 Å². The van der Waals surface area contributed by atoms with E-state index < -0.39 is 6.10 Å². The molecule has 0 bridgehead atoms. The van der Waals surface area contributed by atoms with Gasteiger partial charge in [0.2, 0.25) is 0 Å². The highest BCUT2D eigenvalue weighted by Crippen LogP contribution is 2.34. The van der Waals surface area contributed by atoms with E-state index in [1.165, 1.54) is 0 Å². The molecule has 284 valence electrons. The van der Waals surface area contributed by atoms with Gasteiger partial charge < -0.3 is 35.3 Å². The SMILES string of the molecule is Cc1ccc2c(N3CCN(C(=O)C(O)C(C)C)CC3)nc(-c3ccccc3O)nc2c1.Cc1ccc2c(N3CCNCC3)nc(-c3ccccc3O)nc2c1. The molecule has 1 atom stereocenters. The molecule has 0 spiro atoms. The number of aryl methyl sites for hydroxylation is 2. The summed E-state index contributed by atoms with van der Waals surface area (Å²) in [5, 5.41) is 36.0. The van der Waals surface area contributed by atoms with Gasteiger partial charge in [0.25, 0.3) is 5.91 Å². The van der Waals surface area contributed by atoms with Gasteiger partial charge in [0.15, 0.2) is 11.6 Å². The van der Waals surface area contributed by atoms with E-state index in [1.807, 2.05) is 57.2 Å². The molecule has 2 saturated heterocycles. The number of hydrogen-bond donors (Lipinski definition) is 4. The standard InChI is InChI=1S/C24H28N4O3.C19H20N4O/c1-15(2)21(30)24(31)28-12-10-27(11-13-28)23-17-9-8-16(3)14-19(17)25-22(26-23)18-6-4-5-7-20(18)29;1-13-6-7-14-16(12-13)21-18(15-4-2-3-5-17(15)24)22-19(14)23-10-8-20-9-11-23/h4-9,14-15,21,29-30H,10-13H2,1-3H3;2-7,12,20,24H,8-11H2,1H3. The van der Waals surface area contributed by atoms with Crippen molar-refractivity contribution in [3.8, 4) is 34.3 Å². The van der Waals surface area contributed by atoms with Crippen molar-refractivity contribution in [2.24, 2.45) is 5.92 Å². The van der Waals surface area contributed by atoms with Crippen LogP contribution in [0.4, 0.5) is 11.6 Å². The summed E-state index contributed by atoms with van der Waals surface area (Å²) in [6.07, 6.45) is -0.970. The fourth-order valence-corrected chi connectivity index (χ4v) is 6.98. The number of hydrogen-bond acceptors (Lipinski definition) is 11. The summed E-state index contributed by atoms with van der Waals surface area (Å²) in [5.74, 6) is 2.79. The second-order valence-corrected chi connectivity index (χ2v) is 14.6. The van der Waals surface area contributed by atoms with Gasteiger partial charge in [-0.15, -0.1) is 0 Å². The van der Waals surface area contributed by atoms with Crippen molar-refractivity contribution in [2.45, 2.75) is 33.8 Å². The van der Waals surface area contributed by atoms with Gasteiger partial charge in [-0.2, -0.15) is 0 Å². The third-order valence-electron chi connectivity index (χ3n) is 10.1. The highest BCUT2D eigenvalue weighted by Gasteiger charge is 2.29. The van der Waals surface area contributed by atoms with Crippen molar-refractivity contribution < 1.29 is 20.1 Å². The zero-order chi connectivity index (χ0) is 38.6. The molecule has 6 aromatic rings. The summed E-state index contributed by atoms with van der Waals surface area (Å²) in [7, 11) is 0. The predicted molar refractivity (Wildman–Crippen MR) is 217 cm³/mol. The Bertz CT molecular complexity index is 2320. The number of nitrogens with zero attached hydrogens (tertiary/aromatic N) is 7. The number of carbonyl (C=O) groups excluding carboxylic acids is 1. The lowest BCUT2D eigenvalue weighted by Gasteiger charge is -2.37. The smallest absolute Gasteiger partial charge is 0.251 e. The first-order valence-electron chi connectivity index (χ1n) is 18.9. The minimum absolute atomic E-state index is 0.110. The number of piperazine rings is 2. The lowest BCUT2D eigenvalue weighted by molar-refractivity contribution is -0.142. The van der Waals surface area contributed by atoms with Crippen molar-refractivity contribution in [2.75, 3.05) is 62.2 Å². The van der Waals surface area contributed by atoms with Crippen LogP contribution in [0, 0.1) is 19.8 Å². The van der Waals surface area contributed by atoms with Crippen LogP contribution >= 0.6 is 0 Å². The fourth-order valence-electron chi connectivity index (χ4n) is 6.98. The summed E-state index contributed by atoms with van der Waals surface area (Å²) in [4.78, 5) is 37.7. The molecule has 2 aromatic heterocycles. The highest BCUT2D eigenvalue weighted by atomic mass is 16.3. The molecular formula is C43H48N8O4. The van der Waals surface area contributed by atoms with Gasteiger partial charge >= 0.3 is 0 Å². The van der Waals surface area contributed by atoms with Crippen LogP contribution in [0.1, 0.15) is 25.0 Å². The number of phenolic OH excluding ortho intramolecular Hbond substituents is 2. The first-order valence-corrected chi connectivity index (χ1v) is 18.9. The van der Waals surface area contributed by atoms with Crippen LogP contribution in [0.15, 0.2) is 84.9 Å². The van der Waals surface area contributed by atoms with Crippen LogP contribution in [0.3, 0.4) is 0 Å². The Morgan fingerprint density at radius 3 is 1.55 bits per heavy atom. The molecule has 55 heavy (non-hydrogen) atoms. The summed E-state index contributed by atoms with van der Waals surface area (Å²) in [6, 6.07) is 26.6. The lowest BCUT2D eigenvalue weighted by Crippen LogP contribution is -2.52. The van der Waals surface area contributed by atoms with Gasteiger partial charge in [-0.1, -0.05) is 50.2 Å². The molecule has 1 amide bonds. The van der Waals surface area contributed by atoms with Crippen molar-refractivity contribution in [1.82, 2.24) is 30.2 Å². The van der Waals surface area contributed by atoms with Crippen LogP contribution in [-0.4, -0.2) is 105 Å². The van der Waals surface area contributed by atoms with E-state index in [0.717, 1.165) is 70.7 Å². The number of para-hydroxylation sites is 2. The molecule has 4 aromatic carbocycles. The van der Waals surface area contributed by atoms with E-state index >= 15 is 0 Å². The molecule has 12 heteroatoms. The Kier molecular flexibility index (Phi) is 11.1. The summed E-state index contributed by atoms with van der Waals surface area (Å²) < 4.78 is 0. The molecule has 1 unspecified atom stereocenters. The quantitative estimate of drug-likeness (QED) is 0.167. The third kappa shape index (κ3) is 8.15. The molecule has 2 aliphatic heterocycles. The molecule has 2 aliphatic rings. The number of phenols is 2. The Hall–Kier alpha value is -5.85. The molecule has 2 fully saturated rings. The van der Waals surface area contributed by atoms with Gasteiger partial charge in [0.05, 0.1) is 22.2 Å². The summed E-state index contributed by atoms with van der Waals surface area (Å²) in [5.41, 5.74) is 5.24. The Morgan fingerprint density at radius 1 is 0.636 bits per heavy atom. The number of benzene rings is 4. The lowest BCUT2D eigenvalue weighted by atomic mass is 10.1. The maximum absolute atomic E-state index is 12.5. The minimum Gasteiger partial charge on any atom is -0.507 e. The number of aromatic nitrogens is 4. The van der Waals surface area contributed by atoms with E-state index in [4.69, 9.17) is 19.9 Å². The number of anilines is 2. The number of fused-ring (bicyclic) bond motifs is 2. The van der Waals surface area contributed by atoms with Gasteiger partial charge in [0, 0.05) is 63.1 Å². The maximum Gasteiger partial charge on any atom is 0.251 e. The van der Waals surface area contributed by atoms with Crippen LogP contribution < -0.4 is 15.1 Å². The Labute approximate surface area is 321 Å². The second-order valence-electron chi connectivity index (χ2n) is 14.6. The number of nitrogens with one attached hydrogen (secondary N) is 1. The largest absolute Gasteiger partial charge is 0.507 e. The summed E-state index contributed by atoms with van der Waals surface area (Å²) >= 11 is 0. The fraction of sp³-hybridized carbons (Fsp3) is 0.326. The van der Waals surface area contributed by atoms with Gasteiger partial charge in [-0.25, -0.2) is 19.9 Å². The number of amides is 1. The van der Waals surface area contributed by atoms with Gasteiger partial charge in [-0.05, 0) is 79.4 Å². The number of aliphatic hydroxyl groups is 1. The van der Waals surface area contributed by atoms with Crippen molar-refractivity contribution in [3.63, 3.8) is 0 Å². The second kappa shape index (κ2) is 16.3. The normalized spacial score (nSPS) is 15.3. The van der Waals surface area contributed by atoms with Crippen molar-refractivity contribution in [3.05, 3.63) is 96.1 Å². The van der Waals surface area contributed by atoms with E-state index in [0.29, 0.717) is 49.0 Å². The van der Waals surface area contributed by atoms with E-state index in [1.54, 1.807) is 35.2 Å². The zero-order valence-electron chi connectivity index (χ0n) is 31.8. The van der Waals surface area contributed by atoms with E-state index in [9.17, 15) is 20.1 Å². The molecule has 0 radical (unpaired) electrons. The average molecular weight is 741 g/mol. The van der Waals surface area contributed by atoms with Crippen LogP contribution in [0.2, 0.25) is 0 Å². The zero-order valence-corrected chi connectivity index (χ0v) is 31.8. The Balaban J connectivity index is 0.000000174. The number of aliphatic hydroxyl groups excluding tert-OH is 1. The first-order chi connectivity index (χ1) is 26.6. The first kappa shape index (κ1) is 37.5. The van der Waals surface area contributed by atoms with Crippen LogP contribution in [0.5, 0.6) is 11.5 Å². The number of rotatable bonds is 6. The number of aromatic hydroxyl groups is 2. The molecule has 0 aliphatic carbocycles. The van der Waals surface area contributed by atoms with Crippen LogP contribution in [-0.2, 0) is 4.79 Å². The van der Waals surface area contributed by atoms with E-state index in [2.05, 4.69) is 40.2 Å². The minimum atomic E-state index is -0.970. The van der Waals surface area contributed by atoms with Crippen molar-refractivity contribution in [1.29, 1.82) is 0 Å². The molecule has 8 rings (SSSR count). The number of carbonyl (C=O) groups is 1. The maximum atomic E-state index is 12.5.